The molecule has 1 fully saturated rings. The van der Waals surface area contributed by atoms with Gasteiger partial charge in [0.25, 0.3) is 0 Å². The van der Waals surface area contributed by atoms with Crippen molar-refractivity contribution in [3.63, 3.8) is 0 Å². The third kappa shape index (κ3) is 4.39. The van der Waals surface area contributed by atoms with Gasteiger partial charge in [0.05, 0.1) is 5.60 Å². The molecule has 1 unspecified atom stereocenters. The van der Waals surface area contributed by atoms with Crippen molar-refractivity contribution in [2.45, 2.75) is 45.6 Å². The Morgan fingerprint density at radius 3 is 2.75 bits per heavy atom. The predicted molar refractivity (Wildman–Crippen MR) is 67.4 cm³/mol. The normalized spacial score (nSPS) is 28.3. The zero-order valence-corrected chi connectivity index (χ0v) is 10.7. The maximum Gasteiger partial charge on any atom is 0.191 e. The molecule has 0 aliphatic carbocycles. The van der Waals surface area contributed by atoms with Gasteiger partial charge in [0.1, 0.15) is 0 Å². The summed E-state index contributed by atoms with van der Waals surface area (Å²) in [6.45, 7) is 8.65. The number of aliphatic hydroxyl groups is 1. The number of guanidine groups is 1. The molecule has 1 aliphatic rings. The van der Waals surface area contributed by atoms with Crippen molar-refractivity contribution >= 4 is 5.96 Å². The zero-order chi connectivity index (χ0) is 12.2. The Bertz CT molecular complexity index is 249. The van der Waals surface area contributed by atoms with Crippen molar-refractivity contribution in [2.75, 3.05) is 19.6 Å². The van der Waals surface area contributed by atoms with Crippen LogP contribution < -0.4 is 5.73 Å². The first-order chi connectivity index (χ1) is 7.41. The van der Waals surface area contributed by atoms with Gasteiger partial charge in [-0.1, -0.05) is 13.8 Å². The molecule has 1 heterocycles. The average molecular weight is 227 g/mol. The maximum absolute atomic E-state index is 9.96. The van der Waals surface area contributed by atoms with Crippen molar-refractivity contribution in [3.05, 3.63) is 0 Å². The van der Waals surface area contributed by atoms with Crippen LogP contribution in [0.3, 0.4) is 0 Å². The first kappa shape index (κ1) is 13.3. The van der Waals surface area contributed by atoms with Gasteiger partial charge in [-0.05, 0) is 32.1 Å². The molecule has 0 spiro atoms. The predicted octanol–water partition coefficient (Wildman–Crippen LogP) is 1.19. The topological polar surface area (TPSA) is 61.8 Å². The van der Waals surface area contributed by atoms with Crippen LogP contribution in [0.2, 0.25) is 0 Å². The highest BCUT2D eigenvalue weighted by Crippen LogP contribution is 2.21. The minimum absolute atomic E-state index is 0.535. The van der Waals surface area contributed by atoms with E-state index in [2.05, 4.69) is 23.7 Å². The number of nitrogens with two attached hydrogens (primary N) is 1. The number of hydrogen-bond donors (Lipinski definition) is 2. The number of rotatable bonds is 2. The fourth-order valence-electron chi connectivity index (χ4n) is 1.87. The first-order valence-electron chi connectivity index (χ1n) is 6.18. The summed E-state index contributed by atoms with van der Waals surface area (Å²) >= 11 is 0. The number of aliphatic imine (C=N–C) groups is 1. The van der Waals surface area contributed by atoms with Gasteiger partial charge >= 0.3 is 0 Å². The summed E-state index contributed by atoms with van der Waals surface area (Å²) < 4.78 is 0. The quantitative estimate of drug-likeness (QED) is 0.550. The molecule has 16 heavy (non-hydrogen) atoms. The minimum Gasteiger partial charge on any atom is -0.390 e. The van der Waals surface area contributed by atoms with Crippen molar-refractivity contribution in [1.82, 2.24) is 4.90 Å². The van der Waals surface area contributed by atoms with Gasteiger partial charge in [-0.2, -0.15) is 0 Å². The van der Waals surface area contributed by atoms with Gasteiger partial charge in [-0.15, -0.1) is 0 Å². The third-order valence-corrected chi connectivity index (χ3v) is 3.01. The Morgan fingerprint density at radius 1 is 1.44 bits per heavy atom. The second-order valence-electron chi connectivity index (χ2n) is 5.43. The van der Waals surface area contributed by atoms with E-state index in [1.54, 1.807) is 0 Å². The van der Waals surface area contributed by atoms with Gasteiger partial charge in [-0.25, -0.2) is 0 Å². The van der Waals surface area contributed by atoms with Crippen LogP contribution in [0.1, 0.15) is 40.0 Å². The van der Waals surface area contributed by atoms with E-state index < -0.39 is 5.60 Å². The molecular formula is C12H25N3O. The van der Waals surface area contributed by atoms with Crippen LogP contribution in [0.25, 0.3) is 0 Å². The zero-order valence-electron chi connectivity index (χ0n) is 10.7. The summed E-state index contributed by atoms with van der Waals surface area (Å²) in [6.07, 6.45) is 2.59. The fourth-order valence-corrected chi connectivity index (χ4v) is 1.87. The second kappa shape index (κ2) is 5.53. The molecule has 0 aromatic rings. The summed E-state index contributed by atoms with van der Waals surface area (Å²) in [5.41, 5.74) is 5.41. The van der Waals surface area contributed by atoms with E-state index in [1.165, 1.54) is 0 Å². The largest absolute Gasteiger partial charge is 0.390 e. The molecule has 0 bridgehead atoms. The highest BCUT2D eigenvalue weighted by Gasteiger charge is 2.25. The number of hydrogen-bond acceptors (Lipinski definition) is 2. The lowest BCUT2D eigenvalue weighted by Crippen LogP contribution is -2.39. The summed E-state index contributed by atoms with van der Waals surface area (Å²) in [4.78, 5) is 6.46. The number of nitrogens with zero attached hydrogens (tertiary/aromatic N) is 2. The molecule has 1 rings (SSSR count). The smallest absolute Gasteiger partial charge is 0.191 e. The monoisotopic (exact) mass is 227 g/mol. The Morgan fingerprint density at radius 2 is 2.12 bits per heavy atom. The van der Waals surface area contributed by atoms with Gasteiger partial charge < -0.3 is 15.7 Å². The summed E-state index contributed by atoms with van der Waals surface area (Å²) in [7, 11) is 0. The van der Waals surface area contributed by atoms with Crippen LogP contribution in [-0.2, 0) is 0 Å². The van der Waals surface area contributed by atoms with Crippen LogP contribution in [0, 0.1) is 5.92 Å². The van der Waals surface area contributed by atoms with E-state index in [0.29, 0.717) is 11.9 Å². The summed E-state index contributed by atoms with van der Waals surface area (Å²) in [5, 5.41) is 9.96. The molecular weight excluding hydrogens is 202 g/mol. The maximum atomic E-state index is 9.96. The summed E-state index contributed by atoms with van der Waals surface area (Å²) in [5.74, 6) is 1.17. The lowest BCUT2D eigenvalue weighted by Gasteiger charge is -2.23. The van der Waals surface area contributed by atoms with Crippen molar-refractivity contribution in [2.24, 2.45) is 16.6 Å². The lowest BCUT2D eigenvalue weighted by molar-refractivity contribution is 0.0462. The Hall–Kier alpha value is -0.770. The molecule has 1 aliphatic heterocycles. The molecule has 94 valence electrons. The molecule has 0 radical (unpaired) electrons. The summed E-state index contributed by atoms with van der Waals surface area (Å²) in [6, 6.07) is 0. The van der Waals surface area contributed by atoms with Crippen molar-refractivity contribution in [3.8, 4) is 0 Å². The average Bonchev–Trinajstić information content (AvgIpc) is 2.35. The first-order valence-corrected chi connectivity index (χ1v) is 6.18. The minimum atomic E-state index is -0.535. The van der Waals surface area contributed by atoms with Gasteiger partial charge in [0.15, 0.2) is 5.96 Å². The fraction of sp³-hybridized carbons (Fsp3) is 0.917. The van der Waals surface area contributed by atoms with Crippen molar-refractivity contribution < 1.29 is 5.11 Å². The van der Waals surface area contributed by atoms with E-state index in [1.807, 2.05) is 6.92 Å². The standard InChI is InChI=1S/C12H25N3O/c1-10(2)9-14-11(13)15-7-4-5-12(3,16)6-8-15/h10,16H,4-9H2,1-3H3,(H2,13,14). The van der Waals surface area contributed by atoms with Crippen molar-refractivity contribution in [1.29, 1.82) is 0 Å². The molecule has 0 amide bonds. The van der Waals surface area contributed by atoms with Crippen LogP contribution in [0.5, 0.6) is 0 Å². The van der Waals surface area contributed by atoms with Gasteiger partial charge in [-0.3, -0.25) is 4.99 Å². The van der Waals surface area contributed by atoms with E-state index >= 15 is 0 Å². The SMILES string of the molecule is CC(C)CN=C(N)N1CCCC(C)(O)CC1. The van der Waals surface area contributed by atoms with Crippen LogP contribution >= 0.6 is 0 Å². The van der Waals surface area contributed by atoms with E-state index in [9.17, 15) is 5.11 Å². The molecule has 1 saturated heterocycles. The van der Waals surface area contributed by atoms with Crippen LogP contribution in [0.15, 0.2) is 4.99 Å². The third-order valence-electron chi connectivity index (χ3n) is 3.01. The highest BCUT2D eigenvalue weighted by atomic mass is 16.3. The van der Waals surface area contributed by atoms with E-state index in [4.69, 9.17) is 5.73 Å². The molecule has 3 N–H and O–H groups in total. The Balaban J connectivity index is 2.51. The Kier molecular flexibility index (Phi) is 4.59. The molecule has 0 aromatic carbocycles. The van der Waals surface area contributed by atoms with E-state index in [0.717, 1.165) is 38.9 Å². The molecule has 4 nitrogen and oxygen atoms in total. The van der Waals surface area contributed by atoms with Crippen LogP contribution in [0.4, 0.5) is 0 Å². The van der Waals surface area contributed by atoms with E-state index in [-0.39, 0.29) is 0 Å². The molecule has 4 heteroatoms. The highest BCUT2D eigenvalue weighted by molar-refractivity contribution is 5.78. The second-order valence-corrected chi connectivity index (χ2v) is 5.43. The van der Waals surface area contributed by atoms with Crippen LogP contribution in [-0.4, -0.2) is 41.2 Å². The number of likely N-dealkylation sites (tertiary alicyclic amines) is 1. The molecule has 1 atom stereocenters. The lowest BCUT2D eigenvalue weighted by atomic mass is 9.98. The van der Waals surface area contributed by atoms with Gasteiger partial charge in [0, 0.05) is 19.6 Å². The molecule has 0 aromatic heterocycles. The Labute approximate surface area is 98.5 Å². The molecule has 0 saturated carbocycles. The van der Waals surface area contributed by atoms with Gasteiger partial charge in [0.2, 0.25) is 0 Å².